The molecule has 2 aliphatic heterocycles. The van der Waals surface area contributed by atoms with E-state index in [1.807, 2.05) is 29.2 Å². The van der Waals surface area contributed by atoms with Gasteiger partial charge in [0.1, 0.15) is 22.6 Å². The van der Waals surface area contributed by atoms with E-state index in [-0.39, 0.29) is 25.5 Å². The first-order valence-electron chi connectivity index (χ1n) is 11.7. The maximum Gasteiger partial charge on any atom is 0.221 e. The molecule has 0 aromatic heterocycles. The van der Waals surface area contributed by atoms with Gasteiger partial charge in [0.15, 0.2) is 0 Å². The summed E-state index contributed by atoms with van der Waals surface area (Å²) in [7, 11) is -1.95. The molecule has 3 aromatic carbocycles. The molecule has 0 amide bonds. The Labute approximate surface area is 215 Å². The van der Waals surface area contributed by atoms with Gasteiger partial charge >= 0.3 is 0 Å². The van der Waals surface area contributed by atoms with Crippen LogP contribution in [0.5, 0.6) is 11.5 Å². The van der Waals surface area contributed by atoms with E-state index in [1.54, 1.807) is 54.6 Å². The number of para-hydroxylation sites is 1. The van der Waals surface area contributed by atoms with E-state index >= 15 is 0 Å². The molecule has 0 N–H and O–H groups in total. The highest BCUT2D eigenvalue weighted by molar-refractivity contribution is 7.89. The quantitative estimate of drug-likeness (QED) is 0.459. The van der Waals surface area contributed by atoms with Crippen LogP contribution in [0.3, 0.4) is 0 Å². The molecule has 10 heteroatoms. The SMILES string of the molecule is CN1OC[C@@H](S(=O)(=O)N2CCN(c3ccccc3F)CC2)[C@@H]1c1cccc(Oc2ccc(Cl)cc2)c1. The third-order valence-corrected chi connectivity index (χ3v) is 9.11. The second-order valence-corrected chi connectivity index (χ2v) is 11.4. The first-order chi connectivity index (χ1) is 17.3. The van der Waals surface area contributed by atoms with E-state index < -0.39 is 21.3 Å². The Morgan fingerprint density at radius 3 is 2.39 bits per heavy atom. The molecule has 2 fully saturated rings. The molecule has 2 heterocycles. The van der Waals surface area contributed by atoms with Crippen LogP contribution in [0.25, 0.3) is 0 Å². The molecule has 36 heavy (non-hydrogen) atoms. The van der Waals surface area contributed by atoms with E-state index in [1.165, 1.54) is 10.4 Å². The lowest BCUT2D eigenvalue weighted by atomic mass is 10.0. The number of sulfonamides is 1. The lowest BCUT2D eigenvalue weighted by Gasteiger charge is -2.37. The Kier molecular flexibility index (Phi) is 7.18. The summed E-state index contributed by atoms with van der Waals surface area (Å²) in [4.78, 5) is 7.58. The summed E-state index contributed by atoms with van der Waals surface area (Å²) in [6.07, 6.45) is 0. The predicted octanol–water partition coefficient (Wildman–Crippen LogP) is 4.71. The van der Waals surface area contributed by atoms with E-state index in [2.05, 4.69) is 0 Å². The summed E-state index contributed by atoms with van der Waals surface area (Å²) in [6, 6.07) is 20.5. The third kappa shape index (κ3) is 5.07. The highest BCUT2D eigenvalue weighted by atomic mass is 35.5. The van der Waals surface area contributed by atoms with Crippen LogP contribution in [-0.4, -0.2) is 62.9 Å². The van der Waals surface area contributed by atoms with Crippen molar-refractivity contribution in [2.45, 2.75) is 11.3 Å². The smallest absolute Gasteiger partial charge is 0.221 e. The van der Waals surface area contributed by atoms with Crippen LogP contribution < -0.4 is 9.64 Å². The number of hydroxylamine groups is 2. The van der Waals surface area contributed by atoms with Gasteiger partial charge in [0, 0.05) is 38.2 Å². The van der Waals surface area contributed by atoms with Gasteiger partial charge in [0.05, 0.1) is 18.3 Å². The number of ether oxygens (including phenoxy) is 1. The minimum atomic E-state index is -3.69. The number of hydrogen-bond acceptors (Lipinski definition) is 6. The van der Waals surface area contributed by atoms with Crippen molar-refractivity contribution in [2.24, 2.45) is 0 Å². The van der Waals surface area contributed by atoms with Crippen LogP contribution in [0.15, 0.2) is 72.8 Å². The molecule has 7 nitrogen and oxygen atoms in total. The van der Waals surface area contributed by atoms with Crippen molar-refractivity contribution in [3.05, 3.63) is 89.2 Å². The molecule has 190 valence electrons. The van der Waals surface area contributed by atoms with Gasteiger partial charge < -0.3 is 9.64 Å². The first kappa shape index (κ1) is 25.0. The maximum absolute atomic E-state index is 14.2. The van der Waals surface area contributed by atoms with Crippen LogP contribution in [0, 0.1) is 5.82 Å². The van der Waals surface area contributed by atoms with Gasteiger partial charge in [-0.15, -0.1) is 0 Å². The fraction of sp³-hybridized carbons (Fsp3) is 0.308. The van der Waals surface area contributed by atoms with Crippen molar-refractivity contribution in [3.8, 4) is 11.5 Å². The van der Waals surface area contributed by atoms with Gasteiger partial charge in [0.2, 0.25) is 10.0 Å². The van der Waals surface area contributed by atoms with Crippen LogP contribution in [0.1, 0.15) is 11.6 Å². The highest BCUT2D eigenvalue weighted by Crippen LogP contribution is 2.37. The third-order valence-electron chi connectivity index (χ3n) is 6.61. The Balaban J connectivity index is 1.32. The van der Waals surface area contributed by atoms with Crippen LogP contribution in [0.2, 0.25) is 5.02 Å². The summed E-state index contributed by atoms with van der Waals surface area (Å²) in [6.45, 7) is 1.45. The van der Waals surface area contributed by atoms with Gasteiger partial charge in [-0.05, 0) is 54.1 Å². The van der Waals surface area contributed by atoms with Crippen molar-refractivity contribution >= 4 is 27.3 Å². The monoisotopic (exact) mass is 531 g/mol. The van der Waals surface area contributed by atoms with Crippen molar-refractivity contribution in [1.82, 2.24) is 9.37 Å². The Bertz CT molecular complexity index is 1320. The molecule has 0 saturated carbocycles. The van der Waals surface area contributed by atoms with Gasteiger partial charge in [-0.25, -0.2) is 12.8 Å². The Hall–Kier alpha value is -2.69. The number of halogens is 2. The minimum absolute atomic E-state index is 0.0549. The standard InChI is InChI=1S/C26H27ClFN3O4S/c1-29-26(19-5-4-6-22(17-19)35-21-11-9-20(27)10-12-21)25(18-34-29)36(32,33)31-15-13-30(14-16-31)24-8-3-2-7-23(24)28/h2-12,17,25-26H,13-16,18H2,1H3/t25-,26+/m1/s1. The molecule has 2 atom stereocenters. The van der Waals surface area contributed by atoms with Gasteiger partial charge in [-0.3, -0.25) is 4.84 Å². The van der Waals surface area contributed by atoms with Crippen molar-refractivity contribution in [2.75, 3.05) is 44.7 Å². The average Bonchev–Trinajstić information content (AvgIpc) is 3.28. The van der Waals surface area contributed by atoms with Gasteiger partial charge in [-0.1, -0.05) is 35.9 Å². The fourth-order valence-electron chi connectivity index (χ4n) is 4.75. The summed E-state index contributed by atoms with van der Waals surface area (Å²) in [5, 5.41) is 1.43. The number of anilines is 1. The first-order valence-corrected chi connectivity index (χ1v) is 13.6. The van der Waals surface area contributed by atoms with E-state index in [9.17, 15) is 12.8 Å². The topological polar surface area (TPSA) is 62.3 Å². The van der Waals surface area contributed by atoms with Crippen molar-refractivity contribution in [1.29, 1.82) is 0 Å². The van der Waals surface area contributed by atoms with Crippen molar-refractivity contribution in [3.63, 3.8) is 0 Å². The molecule has 0 unspecified atom stereocenters. The molecule has 2 saturated heterocycles. The summed E-state index contributed by atoms with van der Waals surface area (Å²) in [5.41, 5.74) is 1.27. The van der Waals surface area contributed by atoms with Crippen LogP contribution >= 0.6 is 11.6 Å². The van der Waals surface area contributed by atoms with E-state index in [0.29, 0.717) is 35.3 Å². The summed E-state index contributed by atoms with van der Waals surface area (Å²) < 4.78 is 49.1. The molecule has 0 radical (unpaired) electrons. The van der Waals surface area contributed by atoms with E-state index in [0.717, 1.165) is 5.56 Å². The maximum atomic E-state index is 14.2. The fourth-order valence-corrected chi connectivity index (χ4v) is 6.82. The zero-order chi connectivity index (χ0) is 25.3. The summed E-state index contributed by atoms with van der Waals surface area (Å²) in [5.74, 6) is 0.912. The second kappa shape index (κ2) is 10.4. The second-order valence-electron chi connectivity index (χ2n) is 8.84. The Morgan fingerprint density at radius 1 is 0.944 bits per heavy atom. The van der Waals surface area contributed by atoms with Crippen LogP contribution in [0.4, 0.5) is 10.1 Å². The lowest BCUT2D eigenvalue weighted by molar-refractivity contribution is -0.110. The number of nitrogens with zero attached hydrogens (tertiary/aromatic N) is 3. The highest BCUT2D eigenvalue weighted by Gasteiger charge is 2.46. The molecule has 2 aliphatic rings. The average molecular weight is 532 g/mol. The van der Waals surface area contributed by atoms with E-state index in [4.69, 9.17) is 21.2 Å². The summed E-state index contributed by atoms with van der Waals surface area (Å²) >= 11 is 5.96. The number of rotatable bonds is 6. The van der Waals surface area contributed by atoms with Crippen LogP contribution in [-0.2, 0) is 14.9 Å². The normalized spacial score (nSPS) is 21.6. The van der Waals surface area contributed by atoms with Gasteiger partial charge in [0.25, 0.3) is 0 Å². The minimum Gasteiger partial charge on any atom is -0.457 e. The number of piperazine rings is 1. The number of benzene rings is 3. The number of hydrogen-bond donors (Lipinski definition) is 0. The molecule has 0 bridgehead atoms. The molecule has 3 aromatic rings. The molecular formula is C26H27ClFN3O4S. The zero-order valence-electron chi connectivity index (χ0n) is 19.8. The molecular weight excluding hydrogens is 505 g/mol. The van der Waals surface area contributed by atoms with Crippen molar-refractivity contribution < 1.29 is 22.4 Å². The molecule has 5 rings (SSSR count). The zero-order valence-corrected chi connectivity index (χ0v) is 21.3. The lowest BCUT2D eigenvalue weighted by Crippen LogP contribution is -2.52. The molecule has 0 spiro atoms. The predicted molar refractivity (Wildman–Crippen MR) is 137 cm³/mol. The van der Waals surface area contributed by atoms with Gasteiger partial charge in [-0.2, -0.15) is 9.37 Å². The largest absolute Gasteiger partial charge is 0.457 e. The molecule has 0 aliphatic carbocycles. The Morgan fingerprint density at radius 2 is 1.67 bits per heavy atom.